The summed E-state index contributed by atoms with van der Waals surface area (Å²) in [5, 5.41) is 3.49. The van der Waals surface area contributed by atoms with Crippen molar-refractivity contribution >= 4 is 28.2 Å². The van der Waals surface area contributed by atoms with Crippen molar-refractivity contribution in [3.8, 4) is 0 Å². The van der Waals surface area contributed by atoms with E-state index in [1.54, 1.807) is 13.0 Å². The molecule has 0 atom stereocenters. The number of nitrogens with one attached hydrogen (secondary N) is 1. The van der Waals surface area contributed by atoms with E-state index in [9.17, 15) is 14.0 Å². The van der Waals surface area contributed by atoms with Crippen LogP contribution in [0.15, 0.2) is 24.3 Å². The summed E-state index contributed by atoms with van der Waals surface area (Å²) in [4.78, 5) is 30.9. The van der Waals surface area contributed by atoms with Gasteiger partial charge in [0.25, 0.3) is 0 Å². The standard InChI is InChI=1S/C25H32FN3O4S/c1-4-32-24(31)22-18-13-25(2,3)33-16-20(18)34-23(22)27-21(30)15-29-11-9-28(10-12-29)14-17-7-5-6-8-19(17)26/h5-8H,4,9-16H2,1-3H3,(H,27,30). The molecule has 2 aliphatic rings. The Morgan fingerprint density at radius 1 is 1.18 bits per heavy atom. The Labute approximate surface area is 203 Å². The number of nitrogens with zero attached hydrogens (tertiary/aromatic N) is 2. The predicted octanol–water partition coefficient (Wildman–Crippen LogP) is 3.67. The third-order valence-electron chi connectivity index (χ3n) is 6.20. The number of carbonyl (C=O) groups is 2. The van der Waals surface area contributed by atoms with Gasteiger partial charge in [0.15, 0.2) is 0 Å². The van der Waals surface area contributed by atoms with Crippen LogP contribution in [0, 0.1) is 5.82 Å². The second-order valence-corrected chi connectivity index (χ2v) is 10.5. The Morgan fingerprint density at radius 3 is 2.59 bits per heavy atom. The molecule has 0 spiro atoms. The number of carbonyl (C=O) groups excluding carboxylic acids is 2. The van der Waals surface area contributed by atoms with E-state index in [-0.39, 0.29) is 30.5 Å². The van der Waals surface area contributed by atoms with Gasteiger partial charge in [0.1, 0.15) is 10.8 Å². The van der Waals surface area contributed by atoms with E-state index >= 15 is 0 Å². The van der Waals surface area contributed by atoms with Crippen LogP contribution in [0.5, 0.6) is 0 Å². The van der Waals surface area contributed by atoms with Gasteiger partial charge >= 0.3 is 5.97 Å². The van der Waals surface area contributed by atoms with Crippen LogP contribution in [0.1, 0.15) is 47.1 Å². The van der Waals surface area contributed by atoms with E-state index in [0.717, 1.165) is 36.6 Å². The maximum absolute atomic E-state index is 13.9. The number of amides is 1. The minimum absolute atomic E-state index is 0.160. The molecule has 1 saturated heterocycles. The maximum atomic E-state index is 13.9. The molecule has 3 heterocycles. The van der Waals surface area contributed by atoms with Gasteiger partial charge in [-0.05, 0) is 32.4 Å². The first-order valence-electron chi connectivity index (χ1n) is 11.7. The van der Waals surface area contributed by atoms with E-state index in [1.165, 1.54) is 17.4 Å². The van der Waals surface area contributed by atoms with Crippen LogP contribution < -0.4 is 5.32 Å². The molecule has 0 aliphatic carbocycles. The Bertz CT molecular complexity index is 1050. The summed E-state index contributed by atoms with van der Waals surface area (Å²) in [6, 6.07) is 6.83. The van der Waals surface area contributed by atoms with Gasteiger partial charge in [0, 0.05) is 49.6 Å². The lowest BCUT2D eigenvalue weighted by Gasteiger charge is -2.34. The van der Waals surface area contributed by atoms with Crippen molar-refractivity contribution in [2.24, 2.45) is 0 Å². The van der Waals surface area contributed by atoms with E-state index < -0.39 is 5.97 Å². The molecule has 1 amide bonds. The van der Waals surface area contributed by atoms with Gasteiger partial charge in [-0.3, -0.25) is 14.6 Å². The highest BCUT2D eigenvalue weighted by Gasteiger charge is 2.34. The van der Waals surface area contributed by atoms with Crippen molar-refractivity contribution in [3.63, 3.8) is 0 Å². The van der Waals surface area contributed by atoms with Crippen LogP contribution in [-0.4, -0.2) is 66.6 Å². The number of fused-ring (bicyclic) bond motifs is 1. The van der Waals surface area contributed by atoms with Crippen LogP contribution in [0.25, 0.3) is 0 Å². The average molecular weight is 490 g/mol. The molecule has 1 aromatic carbocycles. The molecule has 184 valence electrons. The first kappa shape index (κ1) is 24.8. The molecule has 2 aromatic rings. The second-order valence-electron chi connectivity index (χ2n) is 9.35. The molecule has 34 heavy (non-hydrogen) atoms. The summed E-state index contributed by atoms with van der Waals surface area (Å²) in [5.74, 6) is -0.754. The molecule has 9 heteroatoms. The number of hydrogen-bond donors (Lipinski definition) is 1. The molecular formula is C25H32FN3O4S. The molecule has 2 aliphatic heterocycles. The van der Waals surface area contributed by atoms with Crippen molar-refractivity contribution < 1.29 is 23.5 Å². The van der Waals surface area contributed by atoms with Crippen LogP contribution in [0.4, 0.5) is 9.39 Å². The Kier molecular flexibility index (Phi) is 7.67. The molecular weight excluding hydrogens is 457 g/mol. The monoisotopic (exact) mass is 489 g/mol. The van der Waals surface area contributed by atoms with Crippen LogP contribution in [-0.2, 0) is 33.8 Å². The predicted molar refractivity (Wildman–Crippen MR) is 130 cm³/mol. The SMILES string of the molecule is CCOC(=O)c1c(NC(=O)CN2CCN(Cc3ccccc3F)CC2)sc2c1CC(C)(C)OC2. The van der Waals surface area contributed by atoms with Crippen molar-refractivity contribution in [1.82, 2.24) is 9.80 Å². The highest BCUT2D eigenvalue weighted by atomic mass is 32.1. The fourth-order valence-electron chi connectivity index (χ4n) is 4.40. The fraction of sp³-hybridized carbons (Fsp3) is 0.520. The molecule has 1 N–H and O–H groups in total. The molecule has 7 nitrogen and oxygen atoms in total. The smallest absolute Gasteiger partial charge is 0.341 e. The maximum Gasteiger partial charge on any atom is 0.341 e. The minimum atomic E-state index is -0.408. The first-order chi connectivity index (χ1) is 16.3. The molecule has 4 rings (SSSR count). The van der Waals surface area contributed by atoms with Crippen molar-refractivity contribution in [2.45, 2.75) is 45.9 Å². The zero-order valence-corrected chi connectivity index (χ0v) is 20.8. The largest absolute Gasteiger partial charge is 0.462 e. The topological polar surface area (TPSA) is 71.1 Å². The summed E-state index contributed by atoms with van der Waals surface area (Å²) in [6.07, 6.45) is 0.590. The van der Waals surface area contributed by atoms with Gasteiger partial charge in [-0.15, -0.1) is 11.3 Å². The van der Waals surface area contributed by atoms with Crippen molar-refractivity contribution in [2.75, 3.05) is 44.6 Å². The third kappa shape index (κ3) is 5.83. The zero-order chi connectivity index (χ0) is 24.3. The summed E-state index contributed by atoms with van der Waals surface area (Å²) in [6.45, 7) is 10.2. The number of benzene rings is 1. The summed E-state index contributed by atoms with van der Waals surface area (Å²) in [5.41, 5.74) is 1.69. The number of rotatable bonds is 7. The number of ether oxygens (including phenoxy) is 2. The van der Waals surface area contributed by atoms with Crippen LogP contribution in [0.3, 0.4) is 0 Å². The lowest BCUT2D eigenvalue weighted by atomic mass is 9.93. The third-order valence-corrected chi connectivity index (χ3v) is 7.32. The molecule has 0 radical (unpaired) electrons. The highest BCUT2D eigenvalue weighted by molar-refractivity contribution is 7.17. The number of hydrogen-bond acceptors (Lipinski definition) is 7. The summed E-state index contributed by atoms with van der Waals surface area (Å²) >= 11 is 1.39. The zero-order valence-electron chi connectivity index (χ0n) is 20.0. The van der Waals surface area contributed by atoms with E-state index in [1.807, 2.05) is 26.0 Å². The normalized spacial score (nSPS) is 18.4. The quantitative estimate of drug-likeness (QED) is 0.599. The van der Waals surface area contributed by atoms with E-state index in [4.69, 9.17) is 9.47 Å². The Balaban J connectivity index is 1.37. The number of halogens is 1. The molecule has 1 aromatic heterocycles. The highest BCUT2D eigenvalue weighted by Crippen LogP contribution is 2.40. The van der Waals surface area contributed by atoms with Crippen LogP contribution in [0.2, 0.25) is 0 Å². The van der Waals surface area contributed by atoms with Gasteiger partial charge in [0.2, 0.25) is 5.91 Å². The molecule has 0 saturated carbocycles. The van der Waals surface area contributed by atoms with Gasteiger partial charge in [-0.2, -0.15) is 0 Å². The number of piperazine rings is 1. The van der Waals surface area contributed by atoms with Gasteiger partial charge < -0.3 is 14.8 Å². The van der Waals surface area contributed by atoms with Gasteiger partial charge in [0.05, 0.1) is 30.9 Å². The second kappa shape index (κ2) is 10.5. The summed E-state index contributed by atoms with van der Waals surface area (Å²) in [7, 11) is 0. The first-order valence-corrected chi connectivity index (χ1v) is 12.5. The minimum Gasteiger partial charge on any atom is -0.462 e. The average Bonchev–Trinajstić information content (AvgIpc) is 3.12. The Hall–Kier alpha value is -2.33. The van der Waals surface area contributed by atoms with Crippen molar-refractivity contribution in [3.05, 3.63) is 51.7 Å². The molecule has 0 bridgehead atoms. The fourth-order valence-corrected chi connectivity index (χ4v) is 5.54. The number of esters is 1. The number of anilines is 1. The van der Waals surface area contributed by atoms with Crippen molar-refractivity contribution in [1.29, 1.82) is 0 Å². The molecule has 0 unspecified atom stereocenters. The Morgan fingerprint density at radius 2 is 1.88 bits per heavy atom. The lowest BCUT2D eigenvalue weighted by molar-refractivity contribution is -0.117. The summed E-state index contributed by atoms with van der Waals surface area (Å²) < 4.78 is 25.1. The van der Waals surface area contributed by atoms with Crippen LogP contribution >= 0.6 is 11.3 Å². The van der Waals surface area contributed by atoms with E-state index in [2.05, 4.69) is 15.1 Å². The van der Waals surface area contributed by atoms with E-state index in [0.29, 0.717) is 35.7 Å². The van der Waals surface area contributed by atoms with Gasteiger partial charge in [-0.1, -0.05) is 18.2 Å². The molecule has 1 fully saturated rings. The number of thiophene rings is 1. The van der Waals surface area contributed by atoms with Gasteiger partial charge in [-0.25, -0.2) is 9.18 Å². The lowest BCUT2D eigenvalue weighted by Crippen LogP contribution is -2.48.